The SMILES string of the molecule is CNC(=O)CSc1cc(O)n(CC2CCC(C(=O)NC3CC(O[C@H]4C[C@](O)(C(=O)CO)Cc5c(O)c6c(c(O)c54)C(=O)c4c(OC)cccc4C6=O)OC(C)C3O)CC2)c1O. The Labute approximate surface area is 353 Å². The molecule has 1 aliphatic heterocycles. The molecule has 2 fully saturated rings. The van der Waals surface area contributed by atoms with Crippen molar-refractivity contribution in [2.75, 3.05) is 26.5 Å². The molecule has 2 heterocycles. The Kier molecular flexibility index (Phi) is 12.4. The third kappa shape index (κ3) is 8.05. The molecule has 4 aliphatic rings. The number of carbonyl (C=O) groups excluding carboxylic acids is 5. The number of rotatable bonds is 12. The summed E-state index contributed by atoms with van der Waals surface area (Å²) < 4.78 is 19.0. The molecule has 1 aromatic heterocycles. The topological polar surface area (TPSA) is 284 Å². The van der Waals surface area contributed by atoms with Crippen LogP contribution in [0, 0.1) is 11.8 Å². The number of aromatic hydroxyl groups is 4. The fourth-order valence-corrected chi connectivity index (χ4v) is 9.89. The van der Waals surface area contributed by atoms with Gasteiger partial charge >= 0.3 is 0 Å². The lowest BCUT2D eigenvalue weighted by Crippen LogP contribution is -2.56. The summed E-state index contributed by atoms with van der Waals surface area (Å²) in [6.07, 6.45) is -4.05. The maximum Gasteiger partial charge on any atom is 0.230 e. The first-order valence-electron chi connectivity index (χ1n) is 20.0. The second kappa shape index (κ2) is 17.3. The van der Waals surface area contributed by atoms with E-state index in [2.05, 4.69) is 10.6 Å². The fraction of sp³-hybridized carbons (Fsp3) is 0.500. The number of carbonyl (C=O) groups is 5. The Hall–Kier alpha value is -5.18. The van der Waals surface area contributed by atoms with Crippen LogP contribution >= 0.6 is 11.8 Å². The summed E-state index contributed by atoms with van der Waals surface area (Å²) in [5.41, 5.74) is -4.08. The number of phenols is 2. The van der Waals surface area contributed by atoms with Gasteiger partial charge in [-0.1, -0.05) is 12.1 Å². The van der Waals surface area contributed by atoms with Gasteiger partial charge in [0.05, 0.1) is 52.7 Å². The van der Waals surface area contributed by atoms with E-state index in [4.69, 9.17) is 14.2 Å². The van der Waals surface area contributed by atoms with Crippen molar-refractivity contribution >= 4 is 40.9 Å². The van der Waals surface area contributed by atoms with Gasteiger partial charge < -0.3 is 60.6 Å². The normalized spacial score (nSPS) is 27.1. The van der Waals surface area contributed by atoms with Crippen LogP contribution in [0.1, 0.15) is 94.5 Å². The molecule has 61 heavy (non-hydrogen) atoms. The van der Waals surface area contributed by atoms with Crippen molar-refractivity contribution in [3.8, 4) is 29.0 Å². The molecule has 0 spiro atoms. The van der Waals surface area contributed by atoms with Crippen molar-refractivity contribution in [1.29, 1.82) is 0 Å². The zero-order valence-corrected chi connectivity index (χ0v) is 34.5. The largest absolute Gasteiger partial charge is 0.507 e. The third-order valence-corrected chi connectivity index (χ3v) is 13.4. The van der Waals surface area contributed by atoms with Crippen molar-refractivity contribution < 1.29 is 73.9 Å². The highest BCUT2D eigenvalue weighted by Crippen LogP contribution is 2.52. The van der Waals surface area contributed by atoms with Crippen molar-refractivity contribution in [3.05, 3.63) is 57.6 Å². The molecule has 4 unspecified atom stereocenters. The predicted molar refractivity (Wildman–Crippen MR) is 214 cm³/mol. The van der Waals surface area contributed by atoms with Crippen molar-refractivity contribution in [1.82, 2.24) is 15.2 Å². The monoisotopic (exact) mass is 867 g/mol. The van der Waals surface area contributed by atoms with Gasteiger partial charge in [0.2, 0.25) is 23.5 Å². The van der Waals surface area contributed by atoms with E-state index in [0.717, 1.165) is 11.8 Å². The Balaban J connectivity index is 1.07. The van der Waals surface area contributed by atoms with Crippen LogP contribution in [0.3, 0.4) is 0 Å². The standard InChI is InChI=1S/C42H49N3O15S/c1-18-35(50)23(44-40(55)20-9-7-19(8-10-20)15-45-29(49)12-26(41(45)56)61-17-28(48)43-2)11-30(59-18)60-25-14-42(57,27(47)16-46)13-22-32(25)39(54)34-33(37(22)52)36(51)21-5-4-6-24(58-3)31(21)38(34)53/h4-6,12,18-20,23,25,30,35,46,49-50,52,54,56-57H,7-11,13-17H2,1-3H3,(H,43,48)(H,44,55)/t18?,19?,20?,23?,25-,30?,35?,42-/m0/s1. The second-order valence-electron chi connectivity index (χ2n) is 16.1. The number of amides is 2. The number of Topliss-reactive ketones (excluding diaryl/α,β-unsaturated/α-hetero) is 1. The number of hydrogen-bond donors (Lipinski definition) is 9. The highest BCUT2D eigenvalue weighted by molar-refractivity contribution is 8.00. The number of thioether (sulfide) groups is 1. The minimum absolute atomic E-state index is 0.0258. The van der Waals surface area contributed by atoms with E-state index in [0.29, 0.717) is 37.1 Å². The number of aliphatic hydroxyl groups is 3. The summed E-state index contributed by atoms with van der Waals surface area (Å²) in [5, 5.41) is 82.7. The molecule has 3 aliphatic carbocycles. The van der Waals surface area contributed by atoms with Gasteiger partial charge in [0.15, 0.2) is 23.7 Å². The Morgan fingerprint density at radius 3 is 2.39 bits per heavy atom. The van der Waals surface area contributed by atoms with Gasteiger partial charge in [-0.05, 0) is 44.6 Å². The highest BCUT2D eigenvalue weighted by Gasteiger charge is 2.50. The van der Waals surface area contributed by atoms with E-state index in [1.54, 1.807) is 6.92 Å². The Morgan fingerprint density at radius 1 is 1.02 bits per heavy atom. The molecule has 19 heteroatoms. The van der Waals surface area contributed by atoms with E-state index in [1.165, 1.54) is 43.0 Å². The molecule has 7 rings (SSSR count). The zero-order valence-electron chi connectivity index (χ0n) is 33.7. The molecule has 0 bridgehead atoms. The lowest BCUT2D eigenvalue weighted by molar-refractivity contribution is -0.249. The molecule has 18 nitrogen and oxygen atoms in total. The van der Waals surface area contributed by atoms with Gasteiger partial charge in [0.25, 0.3) is 0 Å². The second-order valence-corrected chi connectivity index (χ2v) is 17.1. The molecular weight excluding hydrogens is 819 g/mol. The maximum atomic E-state index is 14.0. The molecule has 2 aromatic carbocycles. The molecule has 2 amide bonds. The smallest absolute Gasteiger partial charge is 0.230 e. The number of methoxy groups -OCH3 is 1. The lowest BCUT2D eigenvalue weighted by atomic mass is 9.72. The highest BCUT2D eigenvalue weighted by atomic mass is 32.2. The minimum Gasteiger partial charge on any atom is -0.507 e. The van der Waals surface area contributed by atoms with Crippen LogP contribution in [0.2, 0.25) is 0 Å². The van der Waals surface area contributed by atoms with Crippen molar-refractivity contribution in [2.24, 2.45) is 11.8 Å². The number of benzene rings is 2. The molecule has 9 N–H and O–H groups in total. The van der Waals surface area contributed by atoms with Crippen LogP contribution in [-0.2, 0) is 36.8 Å². The van der Waals surface area contributed by atoms with Crippen LogP contribution in [0.5, 0.6) is 29.0 Å². The first-order chi connectivity index (χ1) is 29.0. The summed E-state index contributed by atoms with van der Waals surface area (Å²) in [6.45, 7) is 0.763. The Morgan fingerprint density at radius 2 is 1.72 bits per heavy atom. The number of phenolic OH excluding ortho intramolecular Hbond substituents is 2. The third-order valence-electron chi connectivity index (χ3n) is 12.4. The predicted octanol–water partition coefficient (Wildman–Crippen LogP) is 1.72. The van der Waals surface area contributed by atoms with Crippen LogP contribution < -0.4 is 15.4 Å². The van der Waals surface area contributed by atoms with Crippen LogP contribution in [0.25, 0.3) is 0 Å². The average Bonchev–Trinajstić information content (AvgIpc) is 3.51. The molecule has 328 valence electrons. The number of aliphatic hydroxyl groups excluding tert-OH is 2. The van der Waals surface area contributed by atoms with E-state index < -0.39 is 102 Å². The van der Waals surface area contributed by atoms with E-state index in [-0.39, 0.29) is 69.7 Å². The summed E-state index contributed by atoms with van der Waals surface area (Å²) >= 11 is 1.10. The van der Waals surface area contributed by atoms with Crippen LogP contribution in [-0.4, -0.2) is 126 Å². The molecule has 6 atom stereocenters. The van der Waals surface area contributed by atoms with E-state index in [9.17, 15) is 59.7 Å². The first kappa shape index (κ1) is 43.9. The number of hydrogen-bond acceptors (Lipinski definition) is 16. The van der Waals surface area contributed by atoms with Gasteiger partial charge in [-0.3, -0.25) is 28.5 Å². The summed E-state index contributed by atoms with van der Waals surface area (Å²) in [5.74, 6) is -5.27. The van der Waals surface area contributed by atoms with Gasteiger partial charge in [-0.2, -0.15) is 0 Å². The van der Waals surface area contributed by atoms with E-state index in [1.807, 2.05) is 0 Å². The number of ether oxygens (including phenoxy) is 3. The quantitative estimate of drug-likeness (QED) is 0.0724. The van der Waals surface area contributed by atoms with Gasteiger partial charge in [-0.25, -0.2) is 0 Å². The maximum absolute atomic E-state index is 14.0. The number of nitrogens with zero attached hydrogens (tertiary/aromatic N) is 1. The first-order valence-corrected chi connectivity index (χ1v) is 21.0. The fourth-order valence-electron chi connectivity index (χ4n) is 9.03. The number of nitrogens with one attached hydrogen (secondary N) is 2. The molecular formula is C42H49N3O15S. The van der Waals surface area contributed by atoms with E-state index >= 15 is 0 Å². The number of fused-ring (bicyclic) bond motifs is 3. The number of ketones is 3. The summed E-state index contributed by atoms with van der Waals surface area (Å²) in [6, 6.07) is 4.80. The minimum atomic E-state index is -2.35. The summed E-state index contributed by atoms with van der Waals surface area (Å²) in [4.78, 5) is 66.5. The molecule has 0 radical (unpaired) electrons. The van der Waals surface area contributed by atoms with Crippen molar-refractivity contribution in [3.63, 3.8) is 0 Å². The number of aromatic nitrogens is 1. The lowest BCUT2D eigenvalue weighted by Gasteiger charge is -2.43. The van der Waals surface area contributed by atoms with Gasteiger partial charge in [0, 0.05) is 61.5 Å². The Bertz CT molecular complexity index is 2270. The average molecular weight is 868 g/mol. The molecule has 3 aromatic rings. The van der Waals surface area contributed by atoms with Crippen LogP contribution in [0.15, 0.2) is 29.2 Å². The van der Waals surface area contributed by atoms with Gasteiger partial charge in [0.1, 0.15) is 35.6 Å². The summed E-state index contributed by atoms with van der Waals surface area (Å²) in [7, 11) is 2.81. The van der Waals surface area contributed by atoms with Crippen LogP contribution in [0.4, 0.5) is 0 Å². The van der Waals surface area contributed by atoms with Crippen molar-refractivity contribution in [2.45, 2.75) is 99.6 Å². The molecule has 1 saturated carbocycles. The zero-order chi connectivity index (χ0) is 44.1. The molecule has 1 saturated heterocycles. The van der Waals surface area contributed by atoms with Gasteiger partial charge in [-0.15, -0.1) is 11.8 Å².